The molecule has 2 aromatic carbocycles. The van der Waals surface area contributed by atoms with Gasteiger partial charge in [0.1, 0.15) is 17.1 Å². The fourth-order valence-corrected chi connectivity index (χ4v) is 5.11. The third-order valence-electron chi connectivity index (χ3n) is 7.17. The summed E-state index contributed by atoms with van der Waals surface area (Å²) in [5.74, 6) is 0.550. The van der Waals surface area contributed by atoms with Crippen molar-refractivity contribution < 1.29 is 14.3 Å². The van der Waals surface area contributed by atoms with Gasteiger partial charge in [0.05, 0.1) is 13.7 Å². The number of Topliss-reactive ketones (excluding diaryl/α,β-unsaturated/α-hetero) is 1. The van der Waals surface area contributed by atoms with Gasteiger partial charge in [-0.2, -0.15) is 0 Å². The van der Waals surface area contributed by atoms with Crippen LogP contribution in [0, 0.1) is 0 Å². The molecule has 6 rings (SSSR count). The van der Waals surface area contributed by atoms with Crippen molar-refractivity contribution in [2.24, 2.45) is 4.99 Å². The Morgan fingerprint density at radius 1 is 1.05 bits per heavy atom. The first-order valence-corrected chi connectivity index (χ1v) is 13.7. The Labute approximate surface area is 241 Å². The lowest BCUT2D eigenvalue weighted by Crippen LogP contribution is -2.21. The van der Waals surface area contributed by atoms with Crippen LogP contribution in [0.5, 0.6) is 0 Å². The van der Waals surface area contributed by atoms with Crippen molar-refractivity contribution in [2.75, 3.05) is 7.11 Å². The van der Waals surface area contributed by atoms with Gasteiger partial charge in [0.15, 0.2) is 22.9 Å². The molecule has 0 saturated heterocycles. The maximum Gasteiger partial charge on any atom is 0.357 e. The van der Waals surface area contributed by atoms with Gasteiger partial charge in [0.2, 0.25) is 0 Å². The third kappa shape index (κ3) is 5.12. The van der Waals surface area contributed by atoms with E-state index < -0.39 is 5.97 Å². The molecule has 0 bridgehead atoms. The number of rotatable bonds is 9. The molecule has 42 heavy (non-hydrogen) atoms. The first kappa shape index (κ1) is 26.9. The Balaban J connectivity index is 1.49. The quantitative estimate of drug-likeness (QED) is 0.255. The number of aromatic nitrogens is 7. The fraction of sp³-hybridized carbons (Fsp3) is 0.226. The lowest BCUT2D eigenvalue weighted by Gasteiger charge is -2.14. The fourth-order valence-electron chi connectivity index (χ4n) is 5.11. The summed E-state index contributed by atoms with van der Waals surface area (Å²) in [7, 11) is 1.29. The van der Waals surface area contributed by atoms with E-state index in [-0.39, 0.29) is 23.6 Å². The van der Waals surface area contributed by atoms with Crippen LogP contribution < -0.4 is 0 Å². The molecule has 11 nitrogen and oxygen atoms in total. The highest BCUT2D eigenvalue weighted by Crippen LogP contribution is 2.32. The van der Waals surface area contributed by atoms with Crippen molar-refractivity contribution in [1.29, 1.82) is 0 Å². The molecule has 1 aliphatic rings. The van der Waals surface area contributed by atoms with Gasteiger partial charge < -0.3 is 9.30 Å². The van der Waals surface area contributed by atoms with Gasteiger partial charge in [0, 0.05) is 30.2 Å². The van der Waals surface area contributed by atoms with Gasteiger partial charge in [-0.15, -0.1) is 5.10 Å². The number of methoxy groups -OCH3 is 1. The molecule has 0 saturated carbocycles. The summed E-state index contributed by atoms with van der Waals surface area (Å²) in [6, 6.07) is 17.9. The number of unbranched alkanes of at least 4 members (excludes halogenated alkanes) is 1. The number of tetrazole rings is 1. The molecule has 1 aliphatic heterocycles. The van der Waals surface area contributed by atoms with Crippen LogP contribution in [-0.4, -0.2) is 59.7 Å². The molecule has 0 fully saturated rings. The molecule has 0 unspecified atom stereocenters. The monoisotopic (exact) mass is 560 g/mol. The van der Waals surface area contributed by atoms with E-state index in [1.807, 2.05) is 34.9 Å². The Bertz CT molecular complexity index is 1840. The second-order valence-electron chi connectivity index (χ2n) is 9.92. The number of carbonyl (C=O) groups is 2. The number of aliphatic imine (C=N–C) groups is 1. The normalized spacial score (nSPS) is 13.0. The van der Waals surface area contributed by atoms with Gasteiger partial charge in [0.25, 0.3) is 0 Å². The number of ketones is 1. The number of nitrogens with one attached hydrogen (secondary N) is 1. The second-order valence-corrected chi connectivity index (χ2v) is 9.92. The number of carbonyl (C=O) groups excluding carboxylic acids is 2. The summed E-state index contributed by atoms with van der Waals surface area (Å²) >= 11 is 0. The highest BCUT2D eigenvalue weighted by molar-refractivity contribution is 6.48. The van der Waals surface area contributed by atoms with Gasteiger partial charge in [-0.05, 0) is 45.7 Å². The van der Waals surface area contributed by atoms with Gasteiger partial charge in [-0.1, -0.05) is 61.9 Å². The number of pyridine rings is 1. The average molecular weight is 561 g/mol. The van der Waals surface area contributed by atoms with E-state index in [1.54, 1.807) is 18.3 Å². The first-order valence-electron chi connectivity index (χ1n) is 13.7. The predicted molar refractivity (Wildman–Crippen MR) is 157 cm³/mol. The first-order chi connectivity index (χ1) is 20.6. The lowest BCUT2D eigenvalue weighted by molar-refractivity contribution is -0.112. The third-order valence-corrected chi connectivity index (χ3v) is 7.17. The number of nitrogens with zero attached hydrogens (tertiary/aromatic N) is 7. The van der Waals surface area contributed by atoms with Crippen LogP contribution in [-0.2, 0) is 22.5 Å². The summed E-state index contributed by atoms with van der Waals surface area (Å²) in [6.07, 6.45) is 6.09. The zero-order valence-corrected chi connectivity index (χ0v) is 23.2. The van der Waals surface area contributed by atoms with E-state index in [4.69, 9.17) is 14.7 Å². The Morgan fingerprint density at radius 2 is 1.90 bits per heavy atom. The molecule has 11 heteroatoms. The number of fused-ring (bicyclic) bond motifs is 1. The van der Waals surface area contributed by atoms with Crippen LogP contribution in [0.2, 0.25) is 0 Å². The van der Waals surface area contributed by atoms with Crippen molar-refractivity contribution >= 4 is 28.6 Å². The number of imidazole rings is 1. The molecule has 0 atom stereocenters. The Kier molecular flexibility index (Phi) is 7.46. The molecule has 0 spiro atoms. The summed E-state index contributed by atoms with van der Waals surface area (Å²) in [4.78, 5) is 39.5. The molecule has 0 radical (unpaired) electrons. The SMILES string of the molecule is CCCCc1nc2cc(C3=NC=CCC3=O)c(C(=O)OC)nc2n1Cc1ccc(-c2ccccc2)c(-c2nnn[nH]2)c1. The largest absolute Gasteiger partial charge is 0.464 e. The summed E-state index contributed by atoms with van der Waals surface area (Å²) in [5, 5.41) is 14.6. The molecule has 4 heterocycles. The van der Waals surface area contributed by atoms with E-state index in [2.05, 4.69) is 50.7 Å². The lowest BCUT2D eigenvalue weighted by atomic mass is 9.97. The number of ether oxygens (including phenoxy) is 1. The Morgan fingerprint density at radius 3 is 2.64 bits per heavy atom. The van der Waals surface area contributed by atoms with E-state index in [0.29, 0.717) is 29.1 Å². The molecular formula is C31H28N8O3. The molecule has 210 valence electrons. The number of H-pyrrole nitrogens is 1. The van der Waals surface area contributed by atoms with Crippen molar-refractivity contribution in [2.45, 2.75) is 39.2 Å². The van der Waals surface area contributed by atoms with E-state index in [9.17, 15) is 9.59 Å². The van der Waals surface area contributed by atoms with Crippen LogP contribution in [0.1, 0.15) is 53.6 Å². The topological polar surface area (TPSA) is 141 Å². The minimum absolute atomic E-state index is 0.0310. The molecule has 0 aliphatic carbocycles. The maximum absolute atomic E-state index is 12.9. The smallest absolute Gasteiger partial charge is 0.357 e. The molecule has 1 N–H and O–H groups in total. The molecule has 0 amide bonds. The average Bonchev–Trinajstić information content (AvgIpc) is 3.68. The van der Waals surface area contributed by atoms with E-state index in [1.165, 1.54) is 7.11 Å². The number of esters is 1. The number of benzene rings is 2. The minimum Gasteiger partial charge on any atom is -0.464 e. The predicted octanol–water partition coefficient (Wildman–Crippen LogP) is 4.73. The summed E-state index contributed by atoms with van der Waals surface area (Å²) < 4.78 is 7.08. The highest BCUT2D eigenvalue weighted by atomic mass is 16.5. The summed E-state index contributed by atoms with van der Waals surface area (Å²) in [5.41, 5.74) is 5.50. The number of hydrogen-bond acceptors (Lipinski definition) is 9. The van der Waals surface area contributed by atoms with Crippen molar-refractivity contribution in [3.05, 3.63) is 89.5 Å². The van der Waals surface area contributed by atoms with Crippen LogP contribution in [0.4, 0.5) is 0 Å². The van der Waals surface area contributed by atoms with E-state index >= 15 is 0 Å². The number of aromatic amines is 1. The van der Waals surface area contributed by atoms with Crippen LogP contribution in [0.15, 0.2) is 71.9 Å². The zero-order chi connectivity index (χ0) is 29.1. The standard InChI is InChI=1S/C31H28N8O3/c1-3-4-12-26-33-24-17-23(27-25(40)11-8-15-32-27)28(31(41)42-2)34-30(24)39(26)18-19-13-14-21(20-9-6-5-7-10-20)22(16-19)29-35-37-38-36-29/h5-10,13-17H,3-4,11-12,18H2,1-2H3,(H,35,36,37,38). The number of hydrogen-bond donors (Lipinski definition) is 1. The van der Waals surface area contributed by atoms with Crippen LogP contribution in [0.3, 0.4) is 0 Å². The van der Waals surface area contributed by atoms with Crippen molar-refractivity contribution in [3.8, 4) is 22.5 Å². The van der Waals surface area contributed by atoms with Crippen LogP contribution in [0.25, 0.3) is 33.7 Å². The molecule has 5 aromatic rings. The van der Waals surface area contributed by atoms with Crippen molar-refractivity contribution in [1.82, 2.24) is 35.2 Å². The van der Waals surface area contributed by atoms with Gasteiger partial charge in [-0.25, -0.2) is 19.9 Å². The van der Waals surface area contributed by atoms with Gasteiger partial charge in [-0.3, -0.25) is 9.79 Å². The van der Waals surface area contributed by atoms with E-state index in [0.717, 1.165) is 47.3 Å². The van der Waals surface area contributed by atoms with Gasteiger partial charge >= 0.3 is 5.97 Å². The highest BCUT2D eigenvalue weighted by Gasteiger charge is 2.26. The van der Waals surface area contributed by atoms with Crippen LogP contribution >= 0.6 is 0 Å². The molecule has 3 aromatic heterocycles. The number of aryl methyl sites for hydroxylation is 1. The van der Waals surface area contributed by atoms with Crippen molar-refractivity contribution in [3.63, 3.8) is 0 Å². The summed E-state index contributed by atoms with van der Waals surface area (Å²) in [6.45, 7) is 2.56. The number of allylic oxidation sites excluding steroid dienone is 1. The zero-order valence-electron chi connectivity index (χ0n) is 23.2. The Hall–Kier alpha value is -5.32. The molecular weight excluding hydrogens is 532 g/mol. The minimum atomic E-state index is -0.646. The maximum atomic E-state index is 12.9. The second kappa shape index (κ2) is 11.7.